The van der Waals surface area contributed by atoms with Gasteiger partial charge in [-0.3, -0.25) is 14.5 Å². The molecule has 4 rings (SSSR count). The smallest absolute Gasteiger partial charge is 0.271 e. The molecule has 1 fully saturated rings. The van der Waals surface area contributed by atoms with E-state index < -0.39 is 0 Å². The van der Waals surface area contributed by atoms with Gasteiger partial charge in [-0.2, -0.15) is 9.78 Å². The molecule has 3 heterocycles. The third-order valence-corrected chi connectivity index (χ3v) is 6.11. The van der Waals surface area contributed by atoms with Crippen molar-refractivity contribution in [2.45, 2.75) is 19.4 Å². The molecule has 29 heavy (non-hydrogen) atoms. The summed E-state index contributed by atoms with van der Waals surface area (Å²) in [6.07, 6.45) is 2.14. The van der Waals surface area contributed by atoms with Gasteiger partial charge in [0.15, 0.2) is 0 Å². The Morgan fingerprint density at radius 1 is 1.07 bits per heavy atom. The predicted molar refractivity (Wildman–Crippen MR) is 114 cm³/mol. The summed E-state index contributed by atoms with van der Waals surface area (Å²) in [6.45, 7) is 3.75. The van der Waals surface area contributed by atoms with E-state index in [1.54, 1.807) is 23.5 Å². The van der Waals surface area contributed by atoms with Crippen molar-refractivity contribution in [2.24, 2.45) is 5.92 Å². The van der Waals surface area contributed by atoms with E-state index in [4.69, 9.17) is 0 Å². The van der Waals surface area contributed by atoms with E-state index in [9.17, 15) is 9.59 Å². The van der Waals surface area contributed by atoms with E-state index in [-0.39, 0.29) is 17.2 Å². The van der Waals surface area contributed by atoms with E-state index in [1.165, 1.54) is 21.7 Å². The molecule has 1 saturated heterocycles. The topological polar surface area (TPSA) is 67.2 Å². The molecule has 1 aliphatic heterocycles. The molecule has 1 amide bonds. The van der Waals surface area contributed by atoms with Crippen LogP contribution in [0, 0.1) is 5.92 Å². The maximum Gasteiger partial charge on any atom is 0.271 e. The second-order valence-electron chi connectivity index (χ2n) is 7.31. The van der Waals surface area contributed by atoms with Gasteiger partial charge >= 0.3 is 0 Å². The molecule has 3 aromatic rings. The first-order chi connectivity index (χ1) is 14.2. The Morgan fingerprint density at radius 3 is 2.59 bits per heavy atom. The van der Waals surface area contributed by atoms with Crippen LogP contribution in [0.3, 0.4) is 0 Å². The number of aromatic nitrogens is 2. The first-order valence-corrected chi connectivity index (χ1v) is 10.8. The molecule has 7 heteroatoms. The highest BCUT2D eigenvalue weighted by Gasteiger charge is 2.20. The zero-order valence-electron chi connectivity index (χ0n) is 16.2. The first-order valence-electron chi connectivity index (χ1n) is 9.88. The highest BCUT2D eigenvalue weighted by Crippen LogP contribution is 2.20. The van der Waals surface area contributed by atoms with Crippen LogP contribution in [-0.4, -0.2) is 40.2 Å². The van der Waals surface area contributed by atoms with Crippen LogP contribution in [-0.2, 0) is 6.54 Å². The van der Waals surface area contributed by atoms with Crippen molar-refractivity contribution >= 4 is 17.2 Å². The van der Waals surface area contributed by atoms with Gasteiger partial charge in [0.2, 0.25) is 0 Å². The molecule has 6 nitrogen and oxygen atoms in total. The fraction of sp³-hybridized carbons (Fsp3) is 0.318. The molecule has 1 N–H and O–H groups in total. The van der Waals surface area contributed by atoms with Crippen LogP contribution in [0.15, 0.2) is 64.8 Å². The average Bonchev–Trinajstić information content (AvgIpc) is 3.27. The van der Waals surface area contributed by atoms with Gasteiger partial charge < -0.3 is 5.32 Å². The van der Waals surface area contributed by atoms with Crippen molar-refractivity contribution in [2.75, 3.05) is 19.6 Å². The maximum atomic E-state index is 12.6. The van der Waals surface area contributed by atoms with Crippen LogP contribution in [0.5, 0.6) is 0 Å². The number of carbonyl (C=O) groups excluding carboxylic acids is 1. The number of para-hydroxylation sites is 1. The first kappa shape index (κ1) is 19.5. The van der Waals surface area contributed by atoms with Gasteiger partial charge in [0.1, 0.15) is 5.69 Å². The van der Waals surface area contributed by atoms with Gasteiger partial charge in [0.05, 0.1) is 5.69 Å². The summed E-state index contributed by atoms with van der Waals surface area (Å²) in [4.78, 5) is 28.5. The lowest BCUT2D eigenvalue weighted by Crippen LogP contribution is -2.38. The van der Waals surface area contributed by atoms with E-state index in [0.717, 1.165) is 32.5 Å². The van der Waals surface area contributed by atoms with Crippen molar-refractivity contribution in [3.63, 3.8) is 0 Å². The fourth-order valence-corrected chi connectivity index (χ4v) is 4.33. The number of thiophene rings is 1. The Labute approximate surface area is 173 Å². The second-order valence-corrected chi connectivity index (χ2v) is 8.35. The largest absolute Gasteiger partial charge is 0.350 e. The minimum atomic E-state index is -0.258. The Kier molecular flexibility index (Phi) is 6.17. The molecule has 0 unspecified atom stereocenters. The standard InChI is InChI=1S/C22H24N4O2S/c27-21-9-8-20(24-26(21)18-5-2-1-3-6-18)22(28)23-15-17-10-12-25(13-11-17)16-19-7-4-14-29-19/h1-9,14,17H,10-13,15-16H2,(H,23,28). The number of hydrogen-bond donors (Lipinski definition) is 1. The highest BCUT2D eigenvalue weighted by atomic mass is 32.1. The van der Waals surface area contributed by atoms with Crippen molar-refractivity contribution in [1.82, 2.24) is 20.0 Å². The zero-order chi connectivity index (χ0) is 20.1. The molecule has 0 aliphatic carbocycles. The molecule has 0 bridgehead atoms. The van der Waals surface area contributed by atoms with E-state index in [0.29, 0.717) is 18.2 Å². The maximum absolute atomic E-state index is 12.6. The normalized spacial score (nSPS) is 15.3. The van der Waals surface area contributed by atoms with Gasteiger partial charge in [-0.25, -0.2) is 0 Å². The average molecular weight is 409 g/mol. The lowest BCUT2D eigenvalue weighted by atomic mass is 9.96. The molecule has 0 radical (unpaired) electrons. The molecular formula is C22H24N4O2S. The third-order valence-electron chi connectivity index (χ3n) is 5.25. The number of rotatable bonds is 6. The molecule has 150 valence electrons. The Bertz CT molecular complexity index is 993. The zero-order valence-corrected chi connectivity index (χ0v) is 17.0. The summed E-state index contributed by atoms with van der Waals surface area (Å²) >= 11 is 1.80. The van der Waals surface area contributed by atoms with Crippen molar-refractivity contribution in [3.8, 4) is 5.69 Å². The number of piperidine rings is 1. The van der Waals surface area contributed by atoms with Crippen LogP contribution >= 0.6 is 11.3 Å². The minimum absolute atomic E-state index is 0.240. The molecule has 2 aromatic heterocycles. The van der Waals surface area contributed by atoms with Crippen LogP contribution in [0.1, 0.15) is 28.2 Å². The van der Waals surface area contributed by atoms with E-state index in [2.05, 4.69) is 32.8 Å². The lowest BCUT2D eigenvalue weighted by Gasteiger charge is -2.31. The Hall–Kier alpha value is -2.77. The number of carbonyl (C=O) groups is 1. The quantitative estimate of drug-likeness (QED) is 0.681. The summed E-state index contributed by atoms with van der Waals surface area (Å²) < 4.78 is 1.26. The van der Waals surface area contributed by atoms with E-state index >= 15 is 0 Å². The molecular weight excluding hydrogens is 384 g/mol. The third kappa shape index (κ3) is 4.99. The van der Waals surface area contributed by atoms with Crippen LogP contribution in [0.25, 0.3) is 5.69 Å². The summed E-state index contributed by atoms with van der Waals surface area (Å²) in [7, 11) is 0. The number of nitrogens with one attached hydrogen (secondary N) is 1. The van der Waals surface area contributed by atoms with Gasteiger partial charge in [0, 0.05) is 24.0 Å². The highest BCUT2D eigenvalue weighted by molar-refractivity contribution is 7.09. The Morgan fingerprint density at radius 2 is 1.86 bits per heavy atom. The number of amides is 1. The van der Waals surface area contributed by atoms with Crippen molar-refractivity contribution in [3.05, 3.63) is 80.9 Å². The minimum Gasteiger partial charge on any atom is -0.350 e. The molecule has 0 saturated carbocycles. The summed E-state index contributed by atoms with van der Waals surface area (Å²) in [6, 6.07) is 16.3. The number of benzene rings is 1. The lowest BCUT2D eigenvalue weighted by molar-refractivity contribution is 0.0928. The van der Waals surface area contributed by atoms with Crippen molar-refractivity contribution in [1.29, 1.82) is 0 Å². The summed E-state index contributed by atoms with van der Waals surface area (Å²) in [5, 5.41) is 9.36. The van der Waals surface area contributed by atoms with E-state index in [1.807, 2.05) is 18.2 Å². The number of nitrogens with zero attached hydrogens (tertiary/aromatic N) is 3. The van der Waals surface area contributed by atoms with Crippen molar-refractivity contribution < 1.29 is 4.79 Å². The van der Waals surface area contributed by atoms with Gasteiger partial charge in [-0.05, 0) is 61.5 Å². The van der Waals surface area contributed by atoms with Gasteiger partial charge in [-0.1, -0.05) is 24.3 Å². The second kappa shape index (κ2) is 9.15. The molecule has 1 aromatic carbocycles. The molecule has 0 spiro atoms. The molecule has 1 aliphatic rings. The number of hydrogen-bond acceptors (Lipinski definition) is 5. The summed E-state index contributed by atoms with van der Waals surface area (Å²) in [5.74, 6) is 0.231. The van der Waals surface area contributed by atoms with Gasteiger partial charge in [-0.15, -0.1) is 11.3 Å². The Balaban J connectivity index is 1.31. The van der Waals surface area contributed by atoms with Gasteiger partial charge in [0.25, 0.3) is 11.5 Å². The monoisotopic (exact) mass is 408 g/mol. The summed E-state index contributed by atoms with van der Waals surface area (Å²) in [5.41, 5.74) is 0.639. The van der Waals surface area contributed by atoms with Crippen LogP contribution < -0.4 is 10.9 Å². The SMILES string of the molecule is O=C(NCC1CCN(Cc2cccs2)CC1)c1ccc(=O)n(-c2ccccc2)n1. The predicted octanol–water partition coefficient (Wildman–Crippen LogP) is 2.94. The number of likely N-dealkylation sites (tertiary alicyclic amines) is 1. The fourth-order valence-electron chi connectivity index (χ4n) is 3.59. The van der Waals surface area contributed by atoms with Crippen LogP contribution in [0.2, 0.25) is 0 Å². The molecule has 0 atom stereocenters. The van der Waals surface area contributed by atoms with Crippen LogP contribution in [0.4, 0.5) is 0 Å².